The van der Waals surface area contributed by atoms with Crippen LogP contribution < -0.4 is 5.73 Å². The molecule has 0 radical (unpaired) electrons. The first-order chi connectivity index (χ1) is 8.80. The summed E-state index contributed by atoms with van der Waals surface area (Å²) >= 11 is 0. The Labute approximate surface area is 117 Å². The molecule has 0 aromatic heterocycles. The van der Waals surface area contributed by atoms with Crippen LogP contribution in [0.3, 0.4) is 0 Å². The lowest BCUT2D eigenvalue weighted by molar-refractivity contribution is -0.137. The first-order valence-corrected chi connectivity index (χ1v) is 7.85. The van der Waals surface area contributed by atoms with Crippen LogP contribution in [0.15, 0.2) is 0 Å². The van der Waals surface area contributed by atoms with Crippen molar-refractivity contribution in [1.82, 2.24) is 4.90 Å². The Hall–Kier alpha value is -0.570. The summed E-state index contributed by atoms with van der Waals surface area (Å²) in [5.74, 6) is 1.52. The Morgan fingerprint density at radius 1 is 1.21 bits per heavy atom. The van der Waals surface area contributed by atoms with Crippen molar-refractivity contribution >= 4 is 5.91 Å². The molecule has 0 aromatic rings. The third-order valence-corrected chi connectivity index (χ3v) is 5.40. The molecule has 3 heteroatoms. The molecule has 1 aliphatic carbocycles. The minimum absolute atomic E-state index is 0.169. The van der Waals surface area contributed by atoms with Gasteiger partial charge in [-0.25, -0.2) is 0 Å². The number of hydrogen-bond acceptors (Lipinski definition) is 2. The van der Waals surface area contributed by atoms with Gasteiger partial charge in [-0.2, -0.15) is 0 Å². The van der Waals surface area contributed by atoms with Gasteiger partial charge < -0.3 is 10.6 Å². The maximum absolute atomic E-state index is 12.7. The molecule has 1 saturated carbocycles. The average Bonchev–Trinajstić information content (AvgIpc) is 2.81. The topological polar surface area (TPSA) is 46.3 Å². The van der Waals surface area contributed by atoms with Crippen LogP contribution >= 0.6 is 0 Å². The number of rotatable bonds is 1. The molecule has 2 N–H and O–H groups in total. The zero-order valence-corrected chi connectivity index (χ0v) is 13.0. The first-order valence-electron chi connectivity index (χ1n) is 7.85. The van der Waals surface area contributed by atoms with Crippen molar-refractivity contribution in [1.29, 1.82) is 0 Å². The molecule has 1 amide bonds. The number of carbonyl (C=O) groups is 1. The molecule has 1 heterocycles. The van der Waals surface area contributed by atoms with Crippen LogP contribution in [0.25, 0.3) is 0 Å². The number of hydrogen-bond donors (Lipinski definition) is 1. The minimum Gasteiger partial charge on any atom is -0.342 e. The summed E-state index contributed by atoms with van der Waals surface area (Å²) in [6.07, 6.45) is 4.38. The quantitative estimate of drug-likeness (QED) is 0.793. The molecule has 0 aromatic carbocycles. The van der Waals surface area contributed by atoms with Crippen LogP contribution in [0.1, 0.15) is 53.4 Å². The predicted octanol–water partition coefficient (Wildman–Crippen LogP) is 2.64. The van der Waals surface area contributed by atoms with E-state index in [2.05, 4.69) is 32.6 Å². The maximum Gasteiger partial charge on any atom is 0.226 e. The van der Waals surface area contributed by atoms with E-state index in [0.717, 1.165) is 38.8 Å². The van der Waals surface area contributed by atoms with Gasteiger partial charge >= 0.3 is 0 Å². The Balaban J connectivity index is 1.97. The lowest BCUT2D eigenvalue weighted by atomic mass is 9.76. The highest BCUT2D eigenvalue weighted by Gasteiger charge is 2.39. The summed E-state index contributed by atoms with van der Waals surface area (Å²) in [4.78, 5) is 14.8. The molecule has 0 spiro atoms. The van der Waals surface area contributed by atoms with Crippen LogP contribution in [0, 0.1) is 23.2 Å². The Bertz CT molecular complexity index is 334. The Kier molecular flexibility index (Phi) is 4.24. The molecule has 4 atom stereocenters. The van der Waals surface area contributed by atoms with Crippen molar-refractivity contribution in [2.45, 2.75) is 59.4 Å². The molecule has 2 fully saturated rings. The van der Waals surface area contributed by atoms with Crippen LogP contribution in [0.2, 0.25) is 0 Å². The van der Waals surface area contributed by atoms with E-state index in [9.17, 15) is 4.79 Å². The highest BCUT2D eigenvalue weighted by Crippen LogP contribution is 2.36. The van der Waals surface area contributed by atoms with Crippen molar-refractivity contribution in [3.8, 4) is 0 Å². The van der Waals surface area contributed by atoms with Crippen molar-refractivity contribution in [2.75, 3.05) is 13.1 Å². The van der Waals surface area contributed by atoms with Crippen molar-refractivity contribution in [2.24, 2.45) is 28.9 Å². The fraction of sp³-hybridized carbons (Fsp3) is 0.938. The predicted molar refractivity (Wildman–Crippen MR) is 78.6 cm³/mol. The van der Waals surface area contributed by atoms with Gasteiger partial charge in [-0.1, -0.05) is 34.1 Å². The molecule has 4 unspecified atom stereocenters. The SMILES string of the molecule is CC1C(N)CCCC1C(=O)N1CCC(C(C)(C)C)C1. The van der Waals surface area contributed by atoms with E-state index in [1.54, 1.807) is 0 Å². The van der Waals surface area contributed by atoms with Crippen LogP contribution in [-0.2, 0) is 4.79 Å². The van der Waals surface area contributed by atoms with Crippen LogP contribution in [0.4, 0.5) is 0 Å². The molecule has 1 saturated heterocycles. The maximum atomic E-state index is 12.7. The largest absolute Gasteiger partial charge is 0.342 e. The highest BCUT2D eigenvalue weighted by molar-refractivity contribution is 5.79. The molecule has 0 bridgehead atoms. The summed E-state index contributed by atoms with van der Waals surface area (Å²) in [6, 6.07) is 0.212. The van der Waals surface area contributed by atoms with E-state index in [1.807, 2.05) is 0 Å². The first kappa shape index (κ1) is 14.8. The van der Waals surface area contributed by atoms with Crippen molar-refractivity contribution in [3.63, 3.8) is 0 Å². The standard InChI is InChI=1S/C16H30N2O/c1-11-13(6-5-7-14(11)17)15(19)18-9-8-12(10-18)16(2,3)4/h11-14H,5-10,17H2,1-4H3. The number of likely N-dealkylation sites (tertiary alicyclic amines) is 1. The summed E-state index contributed by atoms with van der Waals surface area (Å²) in [7, 11) is 0. The monoisotopic (exact) mass is 266 g/mol. The van der Waals surface area contributed by atoms with Gasteiger partial charge in [-0.3, -0.25) is 4.79 Å². The molecule has 110 valence electrons. The summed E-state index contributed by atoms with van der Waals surface area (Å²) in [5.41, 5.74) is 6.44. The third-order valence-electron chi connectivity index (χ3n) is 5.40. The van der Waals surface area contributed by atoms with E-state index in [4.69, 9.17) is 5.73 Å². The molecule has 19 heavy (non-hydrogen) atoms. The van der Waals surface area contributed by atoms with Gasteiger partial charge in [-0.05, 0) is 36.5 Å². The lowest BCUT2D eigenvalue weighted by Crippen LogP contribution is -2.45. The fourth-order valence-electron chi connectivity index (χ4n) is 3.65. The van der Waals surface area contributed by atoms with Gasteiger partial charge in [0.15, 0.2) is 0 Å². The lowest BCUT2D eigenvalue weighted by Gasteiger charge is -2.35. The summed E-state index contributed by atoms with van der Waals surface area (Å²) in [5, 5.41) is 0. The van der Waals surface area contributed by atoms with E-state index in [0.29, 0.717) is 23.2 Å². The van der Waals surface area contributed by atoms with Gasteiger partial charge in [0.05, 0.1) is 0 Å². The van der Waals surface area contributed by atoms with Gasteiger partial charge in [0.2, 0.25) is 5.91 Å². The zero-order chi connectivity index (χ0) is 14.2. The van der Waals surface area contributed by atoms with Gasteiger partial charge in [-0.15, -0.1) is 0 Å². The smallest absolute Gasteiger partial charge is 0.226 e. The second-order valence-electron chi connectivity index (χ2n) is 7.70. The van der Waals surface area contributed by atoms with Crippen molar-refractivity contribution < 1.29 is 4.79 Å². The van der Waals surface area contributed by atoms with Crippen LogP contribution in [0.5, 0.6) is 0 Å². The molecule has 2 aliphatic rings. The number of nitrogens with two attached hydrogens (primary N) is 1. The van der Waals surface area contributed by atoms with Crippen molar-refractivity contribution in [3.05, 3.63) is 0 Å². The average molecular weight is 266 g/mol. The molecule has 2 rings (SSSR count). The van der Waals surface area contributed by atoms with Gasteiger partial charge in [0, 0.05) is 25.0 Å². The fourth-order valence-corrected chi connectivity index (χ4v) is 3.65. The second-order valence-corrected chi connectivity index (χ2v) is 7.70. The van der Waals surface area contributed by atoms with Crippen LogP contribution in [-0.4, -0.2) is 29.9 Å². The number of amides is 1. The number of nitrogens with zero attached hydrogens (tertiary/aromatic N) is 1. The second kappa shape index (κ2) is 5.43. The molecular weight excluding hydrogens is 236 g/mol. The minimum atomic E-state index is 0.169. The molecular formula is C16H30N2O. The zero-order valence-electron chi connectivity index (χ0n) is 13.0. The normalized spacial score (nSPS) is 36.6. The molecule has 3 nitrogen and oxygen atoms in total. The highest BCUT2D eigenvalue weighted by atomic mass is 16.2. The Morgan fingerprint density at radius 2 is 1.89 bits per heavy atom. The van der Waals surface area contributed by atoms with E-state index < -0.39 is 0 Å². The van der Waals surface area contributed by atoms with Gasteiger partial charge in [0.1, 0.15) is 0 Å². The summed E-state index contributed by atoms with van der Waals surface area (Å²) in [6.45, 7) is 10.9. The van der Waals surface area contributed by atoms with E-state index in [-0.39, 0.29) is 12.0 Å². The molecule has 1 aliphatic heterocycles. The van der Waals surface area contributed by atoms with E-state index in [1.165, 1.54) is 0 Å². The number of carbonyl (C=O) groups excluding carboxylic acids is 1. The van der Waals surface area contributed by atoms with Gasteiger partial charge in [0.25, 0.3) is 0 Å². The third kappa shape index (κ3) is 3.13. The van der Waals surface area contributed by atoms with E-state index >= 15 is 0 Å². The summed E-state index contributed by atoms with van der Waals surface area (Å²) < 4.78 is 0. The Morgan fingerprint density at radius 3 is 2.47 bits per heavy atom.